The number of aryl methyl sites for hydroxylation is 1. The predicted molar refractivity (Wildman–Crippen MR) is 81.6 cm³/mol. The van der Waals surface area contributed by atoms with Crippen molar-refractivity contribution in [2.75, 3.05) is 6.54 Å². The van der Waals surface area contributed by atoms with Gasteiger partial charge in [-0.2, -0.15) is 5.10 Å². The van der Waals surface area contributed by atoms with Crippen LogP contribution in [0.25, 0.3) is 0 Å². The Labute approximate surface area is 121 Å². The third kappa shape index (κ3) is 3.94. The minimum Gasteiger partial charge on any atom is -0.314 e. The molecule has 1 N–H and O–H groups in total. The molecule has 0 radical (unpaired) electrons. The Morgan fingerprint density at radius 2 is 1.95 bits per heavy atom. The molecule has 0 aliphatic heterocycles. The summed E-state index contributed by atoms with van der Waals surface area (Å²) in [6, 6.07) is 11.6. The Bertz CT molecular complexity index is 528. The molecule has 0 amide bonds. The molecule has 1 fully saturated rings. The van der Waals surface area contributed by atoms with Crippen molar-refractivity contribution in [1.82, 2.24) is 15.1 Å². The number of nitrogens with one attached hydrogen (secondary N) is 1. The van der Waals surface area contributed by atoms with Crippen LogP contribution in [0.1, 0.15) is 24.0 Å². The van der Waals surface area contributed by atoms with Crippen molar-refractivity contribution in [2.45, 2.75) is 31.7 Å². The van der Waals surface area contributed by atoms with Gasteiger partial charge >= 0.3 is 0 Å². The van der Waals surface area contributed by atoms with Crippen molar-refractivity contribution in [3.05, 3.63) is 53.9 Å². The molecule has 1 aromatic carbocycles. The molecule has 0 saturated heterocycles. The van der Waals surface area contributed by atoms with Gasteiger partial charge in [0.15, 0.2) is 0 Å². The molecule has 1 unspecified atom stereocenters. The average molecular weight is 269 g/mol. The maximum absolute atomic E-state index is 4.28. The molecule has 1 atom stereocenters. The highest BCUT2D eigenvalue weighted by Gasteiger charge is 2.22. The third-order valence-corrected chi connectivity index (χ3v) is 3.92. The molecule has 3 rings (SSSR count). The minimum atomic E-state index is 0.641. The van der Waals surface area contributed by atoms with Crippen molar-refractivity contribution in [3.63, 3.8) is 0 Å². The van der Waals surface area contributed by atoms with Gasteiger partial charge in [0.25, 0.3) is 0 Å². The molecule has 1 aliphatic carbocycles. The monoisotopic (exact) mass is 269 g/mol. The first kappa shape index (κ1) is 13.4. The van der Waals surface area contributed by atoms with Gasteiger partial charge in [-0.1, -0.05) is 30.3 Å². The zero-order valence-corrected chi connectivity index (χ0v) is 12.1. The molecule has 2 aromatic rings. The molecule has 1 aromatic heterocycles. The molecule has 1 heterocycles. The van der Waals surface area contributed by atoms with Gasteiger partial charge in [-0.05, 0) is 49.3 Å². The number of nitrogens with zero attached hydrogens (tertiary/aromatic N) is 2. The highest BCUT2D eigenvalue weighted by atomic mass is 15.2. The quantitative estimate of drug-likeness (QED) is 0.837. The van der Waals surface area contributed by atoms with Gasteiger partial charge in [-0.15, -0.1) is 0 Å². The van der Waals surface area contributed by atoms with Crippen LogP contribution < -0.4 is 5.32 Å². The molecule has 3 heteroatoms. The molecule has 0 bridgehead atoms. The van der Waals surface area contributed by atoms with E-state index in [0.717, 1.165) is 25.4 Å². The Morgan fingerprint density at radius 1 is 1.20 bits per heavy atom. The molecular weight excluding hydrogens is 246 g/mol. The summed E-state index contributed by atoms with van der Waals surface area (Å²) in [7, 11) is 1.98. The van der Waals surface area contributed by atoms with Crippen LogP contribution in [-0.2, 0) is 19.9 Å². The first-order valence-corrected chi connectivity index (χ1v) is 7.54. The topological polar surface area (TPSA) is 29.9 Å². The van der Waals surface area contributed by atoms with E-state index >= 15 is 0 Å². The Kier molecular flexibility index (Phi) is 4.16. The highest BCUT2D eigenvalue weighted by Crippen LogP contribution is 2.20. The third-order valence-electron chi connectivity index (χ3n) is 3.92. The van der Waals surface area contributed by atoms with Gasteiger partial charge < -0.3 is 5.32 Å². The second kappa shape index (κ2) is 6.23. The molecular formula is C17H23N3. The van der Waals surface area contributed by atoms with E-state index < -0.39 is 0 Å². The normalized spacial score (nSPS) is 16.2. The Balaban J connectivity index is 1.62. The summed E-state index contributed by atoms with van der Waals surface area (Å²) in [5.41, 5.74) is 2.77. The zero-order valence-electron chi connectivity index (χ0n) is 12.1. The molecule has 1 saturated carbocycles. The Hall–Kier alpha value is -1.61. The van der Waals surface area contributed by atoms with E-state index in [0.29, 0.717) is 5.92 Å². The van der Waals surface area contributed by atoms with Crippen LogP contribution >= 0.6 is 0 Å². The summed E-state index contributed by atoms with van der Waals surface area (Å²) >= 11 is 0. The zero-order chi connectivity index (χ0) is 13.8. The molecule has 0 spiro atoms. The summed E-state index contributed by atoms with van der Waals surface area (Å²) in [4.78, 5) is 0. The van der Waals surface area contributed by atoms with Crippen molar-refractivity contribution < 1.29 is 0 Å². The second-order valence-electron chi connectivity index (χ2n) is 5.96. The summed E-state index contributed by atoms with van der Waals surface area (Å²) in [5, 5.41) is 7.96. The average Bonchev–Trinajstić information content (AvgIpc) is 3.20. The van der Waals surface area contributed by atoms with E-state index in [4.69, 9.17) is 0 Å². The van der Waals surface area contributed by atoms with Crippen LogP contribution in [0.2, 0.25) is 0 Å². The lowest BCUT2D eigenvalue weighted by molar-refractivity contribution is 0.469. The number of rotatable bonds is 7. The van der Waals surface area contributed by atoms with Crippen molar-refractivity contribution in [1.29, 1.82) is 0 Å². The van der Waals surface area contributed by atoms with Crippen LogP contribution in [0, 0.1) is 5.92 Å². The summed E-state index contributed by atoms with van der Waals surface area (Å²) in [6.45, 7) is 1.11. The van der Waals surface area contributed by atoms with Gasteiger partial charge in [0.1, 0.15) is 0 Å². The van der Waals surface area contributed by atoms with E-state index in [9.17, 15) is 0 Å². The first-order chi connectivity index (χ1) is 9.79. The molecule has 3 nitrogen and oxygen atoms in total. The van der Waals surface area contributed by atoms with E-state index in [2.05, 4.69) is 46.9 Å². The fourth-order valence-corrected chi connectivity index (χ4v) is 2.70. The number of aromatic nitrogens is 2. The number of hydrogen-bond acceptors (Lipinski definition) is 2. The largest absolute Gasteiger partial charge is 0.314 e. The lowest BCUT2D eigenvalue weighted by Gasteiger charge is -2.17. The van der Waals surface area contributed by atoms with Gasteiger partial charge in [0, 0.05) is 19.3 Å². The van der Waals surface area contributed by atoms with Crippen molar-refractivity contribution in [3.8, 4) is 0 Å². The predicted octanol–water partition coefficient (Wildman–Crippen LogP) is 2.57. The van der Waals surface area contributed by atoms with Crippen LogP contribution in [0.15, 0.2) is 42.7 Å². The SMILES string of the molecule is Cn1cc(CC(CNC2CC2)Cc2ccccc2)cn1. The van der Waals surface area contributed by atoms with Gasteiger partial charge in [-0.25, -0.2) is 0 Å². The van der Waals surface area contributed by atoms with Crippen molar-refractivity contribution >= 4 is 0 Å². The van der Waals surface area contributed by atoms with Crippen LogP contribution in [0.3, 0.4) is 0 Å². The van der Waals surface area contributed by atoms with E-state index in [1.54, 1.807) is 0 Å². The fraction of sp³-hybridized carbons (Fsp3) is 0.471. The highest BCUT2D eigenvalue weighted by molar-refractivity contribution is 5.16. The van der Waals surface area contributed by atoms with Gasteiger partial charge in [0.2, 0.25) is 0 Å². The molecule has 1 aliphatic rings. The maximum atomic E-state index is 4.28. The second-order valence-corrected chi connectivity index (χ2v) is 5.96. The fourth-order valence-electron chi connectivity index (χ4n) is 2.70. The lowest BCUT2D eigenvalue weighted by atomic mass is 9.93. The Morgan fingerprint density at radius 3 is 2.60 bits per heavy atom. The van der Waals surface area contributed by atoms with Gasteiger partial charge in [-0.3, -0.25) is 4.68 Å². The number of hydrogen-bond donors (Lipinski definition) is 1. The first-order valence-electron chi connectivity index (χ1n) is 7.54. The molecule has 106 valence electrons. The van der Waals surface area contributed by atoms with E-state index in [-0.39, 0.29) is 0 Å². The molecule has 20 heavy (non-hydrogen) atoms. The van der Waals surface area contributed by atoms with E-state index in [1.807, 2.05) is 17.9 Å². The standard InChI is InChI=1S/C17H23N3/c1-20-13-16(12-19-20)10-15(11-18-17-7-8-17)9-14-5-3-2-4-6-14/h2-6,12-13,15,17-18H,7-11H2,1H3. The summed E-state index contributed by atoms with van der Waals surface area (Å²) in [5.74, 6) is 0.641. The maximum Gasteiger partial charge on any atom is 0.0521 e. The van der Waals surface area contributed by atoms with E-state index in [1.165, 1.54) is 24.0 Å². The van der Waals surface area contributed by atoms with Crippen LogP contribution in [0.4, 0.5) is 0 Å². The van der Waals surface area contributed by atoms with Crippen LogP contribution in [-0.4, -0.2) is 22.4 Å². The van der Waals surface area contributed by atoms with Gasteiger partial charge in [0.05, 0.1) is 6.20 Å². The summed E-state index contributed by atoms with van der Waals surface area (Å²) < 4.78 is 1.89. The van der Waals surface area contributed by atoms with Crippen LogP contribution in [0.5, 0.6) is 0 Å². The smallest absolute Gasteiger partial charge is 0.0521 e. The summed E-state index contributed by atoms with van der Waals surface area (Å²) in [6.07, 6.45) is 9.07. The minimum absolute atomic E-state index is 0.641. The van der Waals surface area contributed by atoms with Crippen molar-refractivity contribution in [2.24, 2.45) is 13.0 Å². The lowest BCUT2D eigenvalue weighted by Crippen LogP contribution is -2.27. The number of benzene rings is 1.